The molecule has 0 N–H and O–H groups in total. The summed E-state index contributed by atoms with van der Waals surface area (Å²) in [6, 6.07) is 12.9. The van der Waals surface area contributed by atoms with Crippen molar-refractivity contribution in [3.63, 3.8) is 0 Å². The van der Waals surface area contributed by atoms with Crippen LogP contribution in [0.3, 0.4) is 0 Å². The first-order chi connectivity index (χ1) is 11.7. The summed E-state index contributed by atoms with van der Waals surface area (Å²) in [5.41, 5.74) is 2.48. The Morgan fingerprint density at radius 1 is 0.880 bits per heavy atom. The largest absolute Gasteiger partial charge is 0.573 e. The normalized spacial score (nSPS) is 14.2. The lowest BCUT2D eigenvalue weighted by Gasteiger charge is -2.14. The van der Waals surface area contributed by atoms with Gasteiger partial charge in [-0.3, -0.25) is 0 Å². The third kappa shape index (κ3) is 6.36. The highest BCUT2D eigenvalue weighted by Gasteiger charge is 2.30. The van der Waals surface area contributed by atoms with E-state index in [1.54, 1.807) is 24.3 Å². The molecule has 0 spiro atoms. The second-order valence-corrected chi connectivity index (χ2v) is 5.86. The predicted molar refractivity (Wildman–Crippen MR) is 86.1 cm³/mol. The van der Waals surface area contributed by atoms with E-state index in [9.17, 15) is 22.0 Å². The van der Waals surface area contributed by atoms with Gasteiger partial charge in [0.25, 0.3) is 0 Å². The molecule has 0 radical (unpaired) electrons. The highest BCUT2D eigenvalue weighted by molar-refractivity contribution is 5.31. The van der Waals surface area contributed by atoms with Gasteiger partial charge in [-0.1, -0.05) is 36.4 Å². The Hall–Kier alpha value is -2.11. The third-order valence-electron chi connectivity index (χ3n) is 3.87. The van der Waals surface area contributed by atoms with Gasteiger partial charge in [-0.15, -0.1) is 13.2 Å². The Labute approximate surface area is 143 Å². The maximum atomic E-state index is 13.7. The van der Waals surface area contributed by atoms with E-state index in [4.69, 9.17) is 0 Å². The number of hydrogen-bond acceptors (Lipinski definition) is 1. The second kappa shape index (κ2) is 8.32. The smallest absolute Gasteiger partial charge is 0.406 e. The van der Waals surface area contributed by atoms with Crippen LogP contribution in [0, 0.1) is 0 Å². The number of halogens is 5. The van der Waals surface area contributed by atoms with Gasteiger partial charge >= 0.3 is 6.36 Å². The molecule has 0 fully saturated rings. The fourth-order valence-corrected chi connectivity index (χ4v) is 2.51. The van der Waals surface area contributed by atoms with Gasteiger partial charge in [-0.2, -0.15) is 0 Å². The summed E-state index contributed by atoms with van der Waals surface area (Å²) in [4.78, 5) is 0. The fourth-order valence-electron chi connectivity index (χ4n) is 2.51. The zero-order valence-electron chi connectivity index (χ0n) is 13.7. The summed E-state index contributed by atoms with van der Waals surface area (Å²) in [7, 11) is 0. The van der Waals surface area contributed by atoms with Crippen LogP contribution in [0.1, 0.15) is 23.6 Å². The highest BCUT2D eigenvalue weighted by Crippen LogP contribution is 2.23. The predicted octanol–water partition coefficient (Wildman–Crippen LogP) is 5.61. The van der Waals surface area contributed by atoms with E-state index in [1.807, 2.05) is 12.1 Å². The lowest BCUT2D eigenvalue weighted by molar-refractivity contribution is -0.274. The molecule has 0 aromatic heterocycles. The molecule has 6 heteroatoms. The maximum Gasteiger partial charge on any atom is 0.573 e. The van der Waals surface area contributed by atoms with Gasteiger partial charge in [-0.25, -0.2) is 8.78 Å². The molecule has 2 unspecified atom stereocenters. The Kier molecular flexibility index (Phi) is 6.39. The first-order valence-corrected chi connectivity index (χ1v) is 7.94. The number of hydrogen-bond donors (Lipinski definition) is 0. The molecule has 0 heterocycles. The van der Waals surface area contributed by atoms with Crippen molar-refractivity contribution in [3.05, 3.63) is 65.2 Å². The number of rotatable bonds is 7. The van der Waals surface area contributed by atoms with Crippen molar-refractivity contribution in [2.75, 3.05) is 0 Å². The van der Waals surface area contributed by atoms with Crippen LogP contribution in [-0.2, 0) is 19.3 Å². The van der Waals surface area contributed by atoms with Gasteiger partial charge in [0, 0.05) is 6.42 Å². The van der Waals surface area contributed by atoms with Crippen molar-refractivity contribution < 1.29 is 26.7 Å². The van der Waals surface area contributed by atoms with Crippen molar-refractivity contribution in [2.24, 2.45) is 0 Å². The van der Waals surface area contributed by atoms with E-state index in [-0.39, 0.29) is 12.2 Å². The molecule has 0 bridgehead atoms. The SMILES string of the molecule is CC(F)C(F)Cc1ccccc1CCc1ccc(OC(F)(F)F)cc1. The van der Waals surface area contributed by atoms with Crippen LogP contribution in [0.5, 0.6) is 5.75 Å². The van der Waals surface area contributed by atoms with E-state index in [0.29, 0.717) is 12.8 Å². The molecular weight excluding hydrogens is 339 g/mol. The third-order valence-corrected chi connectivity index (χ3v) is 3.87. The summed E-state index contributed by atoms with van der Waals surface area (Å²) in [6.45, 7) is 1.19. The lowest BCUT2D eigenvalue weighted by atomic mass is 9.96. The highest BCUT2D eigenvalue weighted by atomic mass is 19.4. The van der Waals surface area contributed by atoms with Crippen molar-refractivity contribution in [3.8, 4) is 5.75 Å². The van der Waals surface area contributed by atoms with Crippen molar-refractivity contribution in [2.45, 2.75) is 44.9 Å². The minimum absolute atomic E-state index is 0.00615. The molecule has 2 aromatic rings. The zero-order chi connectivity index (χ0) is 18.4. The Bertz CT molecular complexity index is 664. The van der Waals surface area contributed by atoms with E-state index in [2.05, 4.69) is 4.74 Å². The first kappa shape index (κ1) is 19.2. The van der Waals surface area contributed by atoms with Gasteiger partial charge in [-0.05, 0) is 48.6 Å². The van der Waals surface area contributed by atoms with E-state index in [1.165, 1.54) is 19.1 Å². The monoisotopic (exact) mass is 358 g/mol. The molecule has 2 atom stereocenters. The molecular formula is C19H19F5O. The van der Waals surface area contributed by atoms with Crippen LogP contribution in [0.25, 0.3) is 0 Å². The average Bonchev–Trinajstić information content (AvgIpc) is 2.54. The van der Waals surface area contributed by atoms with Gasteiger partial charge in [0.1, 0.15) is 18.1 Å². The summed E-state index contributed by atoms with van der Waals surface area (Å²) >= 11 is 0. The van der Waals surface area contributed by atoms with Crippen LogP contribution < -0.4 is 4.74 Å². The van der Waals surface area contributed by atoms with E-state index < -0.39 is 18.7 Å². The number of alkyl halides is 5. The Morgan fingerprint density at radius 2 is 1.48 bits per heavy atom. The van der Waals surface area contributed by atoms with Gasteiger partial charge in [0.15, 0.2) is 0 Å². The van der Waals surface area contributed by atoms with E-state index >= 15 is 0 Å². The lowest BCUT2D eigenvalue weighted by Crippen LogP contribution is -2.17. The van der Waals surface area contributed by atoms with Crippen molar-refractivity contribution in [1.29, 1.82) is 0 Å². The zero-order valence-corrected chi connectivity index (χ0v) is 13.7. The topological polar surface area (TPSA) is 9.23 Å². The van der Waals surface area contributed by atoms with Crippen molar-refractivity contribution >= 4 is 0 Å². The molecule has 0 aliphatic heterocycles. The quantitative estimate of drug-likeness (QED) is 0.585. The summed E-state index contributed by atoms with van der Waals surface area (Å²) in [5, 5.41) is 0. The molecule has 0 amide bonds. The molecule has 0 aliphatic rings. The molecule has 136 valence electrons. The summed E-state index contributed by atoms with van der Waals surface area (Å²) in [6.07, 6.45) is -6.63. The molecule has 2 aromatic carbocycles. The van der Waals surface area contributed by atoms with Crippen molar-refractivity contribution in [1.82, 2.24) is 0 Å². The van der Waals surface area contributed by atoms with E-state index in [0.717, 1.165) is 16.7 Å². The van der Waals surface area contributed by atoms with Gasteiger partial charge in [0.05, 0.1) is 0 Å². The standard InChI is InChI=1S/C19H19F5O/c1-13(20)18(21)12-16-5-3-2-4-15(16)9-6-14-7-10-17(11-8-14)25-19(22,23)24/h2-5,7-8,10-11,13,18H,6,9,12H2,1H3. The molecule has 0 saturated heterocycles. The van der Waals surface area contributed by atoms with Crippen LogP contribution in [0.15, 0.2) is 48.5 Å². The Morgan fingerprint density at radius 3 is 2.04 bits per heavy atom. The molecule has 0 aliphatic carbocycles. The number of ether oxygens (including phenoxy) is 1. The molecule has 1 nitrogen and oxygen atoms in total. The fraction of sp³-hybridized carbons (Fsp3) is 0.368. The minimum atomic E-state index is -4.71. The van der Waals surface area contributed by atoms with Crippen LogP contribution >= 0.6 is 0 Å². The average molecular weight is 358 g/mol. The van der Waals surface area contributed by atoms with Crippen LogP contribution in [0.4, 0.5) is 22.0 Å². The second-order valence-electron chi connectivity index (χ2n) is 5.86. The Balaban J connectivity index is 1.99. The summed E-state index contributed by atoms with van der Waals surface area (Å²) in [5.74, 6) is -0.270. The molecule has 0 saturated carbocycles. The van der Waals surface area contributed by atoms with Gasteiger partial charge < -0.3 is 4.74 Å². The maximum absolute atomic E-state index is 13.7. The van der Waals surface area contributed by atoms with Gasteiger partial charge in [0.2, 0.25) is 0 Å². The summed E-state index contributed by atoms with van der Waals surface area (Å²) < 4.78 is 66.9. The number of aryl methyl sites for hydroxylation is 2. The minimum Gasteiger partial charge on any atom is -0.406 e. The number of benzene rings is 2. The van der Waals surface area contributed by atoms with Crippen LogP contribution in [-0.4, -0.2) is 18.7 Å². The molecule has 2 rings (SSSR count). The molecule has 25 heavy (non-hydrogen) atoms. The van der Waals surface area contributed by atoms with Crippen LogP contribution in [0.2, 0.25) is 0 Å². The first-order valence-electron chi connectivity index (χ1n) is 7.94.